The van der Waals surface area contributed by atoms with E-state index < -0.39 is 17.0 Å². The summed E-state index contributed by atoms with van der Waals surface area (Å²) in [5, 5.41) is 0. The third-order valence-corrected chi connectivity index (χ3v) is 3.13. The number of hydrogen-bond donors (Lipinski definition) is 0. The summed E-state index contributed by atoms with van der Waals surface area (Å²) in [6, 6.07) is 0. The van der Waals surface area contributed by atoms with Gasteiger partial charge in [-0.3, -0.25) is 4.79 Å². The van der Waals surface area contributed by atoms with Gasteiger partial charge in [-0.05, 0) is 40.0 Å². The molecule has 0 saturated heterocycles. The Kier molecular flexibility index (Phi) is 4.98. The van der Waals surface area contributed by atoms with Crippen molar-refractivity contribution in [3.05, 3.63) is 0 Å². The van der Waals surface area contributed by atoms with E-state index in [1.54, 1.807) is 20.8 Å². The lowest BCUT2D eigenvalue weighted by atomic mass is 9.69. The summed E-state index contributed by atoms with van der Waals surface area (Å²) in [5.74, 6) is -0.915. The molecule has 0 fully saturated rings. The highest BCUT2D eigenvalue weighted by Gasteiger charge is 2.41. The van der Waals surface area contributed by atoms with Crippen LogP contribution >= 0.6 is 0 Å². The normalized spacial score (nSPS) is 13.1. The highest BCUT2D eigenvalue weighted by atomic mass is 16.6. The van der Waals surface area contributed by atoms with Crippen molar-refractivity contribution in [3.8, 4) is 0 Å². The monoisotopic (exact) mass is 258 g/mol. The van der Waals surface area contributed by atoms with Gasteiger partial charge < -0.3 is 9.47 Å². The highest BCUT2D eigenvalue weighted by Crippen LogP contribution is 2.38. The summed E-state index contributed by atoms with van der Waals surface area (Å²) in [7, 11) is 0. The van der Waals surface area contributed by atoms with Gasteiger partial charge in [-0.25, -0.2) is 4.79 Å². The number of esters is 2. The Morgan fingerprint density at radius 1 is 0.889 bits per heavy atom. The lowest BCUT2D eigenvalue weighted by Gasteiger charge is -2.36. The summed E-state index contributed by atoms with van der Waals surface area (Å²) < 4.78 is 10.1. The van der Waals surface area contributed by atoms with Crippen molar-refractivity contribution in [2.75, 3.05) is 6.61 Å². The second-order valence-electron chi connectivity index (χ2n) is 7.04. The molecule has 0 rings (SSSR count). The quantitative estimate of drug-likeness (QED) is 0.730. The lowest BCUT2D eigenvalue weighted by molar-refractivity contribution is -0.173. The van der Waals surface area contributed by atoms with Crippen molar-refractivity contribution in [3.63, 3.8) is 0 Å². The predicted molar refractivity (Wildman–Crippen MR) is 70.0 cm³/mol. The van der Waals surface area contributed by atoms with Crippen molar-refractivity contribution in [1.82, 2.24) is 0 Å². The second kappa shape index (κ2) is 5.29. The largest absolute Gasteiger partial charge is 0.457 e. The van der Waals surface area contributed by atoms with Gasteiger partial charge in [-0.2, -0.15) is 0 Å². The molecule has 0 aromatic rings. The van der Waals surface area contributed by atoms with Gasteiger partial charge in [-0.1, -0.05) is 20.8 Å². The standard InChI is InChI=1S/C14H26O4/c1-12(2,3)14(7,8)11(16)17-9-10(15)18-13(4,5)6/h9H2,1-8H3. The molecule has 0 atom stereocenters. The van der Waals surface area contributed by atoms with Gasteiger partial charge in [0.2, 0.25) is 0 Å². The van der Waals surface area contributed by atoms with Crippen LogP contribution < -0.4 is 0 Å². The second-order valence-corrected chi connectivity index (χ2v) is 7.04. The van der Waals surface area contributed by atoms with Crippen LogP contribution in [-0.4, -0.2) is 24.1 Å². The molecule has 0 bridgehead atoms. The topological polar surface area (TPSA) is 52.6 Å². The molecule has 0 heterocycles. The van der Waals surface area contributed by atoms with Crippen molar-refractivity contribution in [2.45, 2.75) is 61.0 Å². The SMILES string of the molecule is CC(C)(C)OC(=O)COC(=O)C(C)(C)C(C)(C)C. The maximum Gasteiger partial charge on any atom is 0.344 e. The Morgan fingerprint density at radius 2 is 1.33 bits per heavy atom. The molecule has 0 aliphatic carbocycles. The Bertz CT molecular complexity index is 316. The van der Waals surface area contributed by atoms with Crippen molar-refractivity contribution in [1.29, 1.82) is 0 Å². The van der Waals surface area contributed by atoms with Crippen LogP contribution in [0.4, 0.5) is 0 Å². The number of rotatable bonds is 3. The first-order valence-corrected chi connectivity index (χ1v) is 6.16. The molecule has 0 aromatic heterocycles. The van der Waals surface area contributed by atoms with Gasteiger partial charge >= 0.3 is 11.9 Å². The van der Waals surface area contributed by atoms with E-state index in [4.69, 9.17) is 9.47 Å². The molecule has 18 heavy (non-hydrogen) atoms. The number of carbonyl (C=O) groups excluding carboxylic acids is 2. The number of carbonyl (C=O) groups is 2. The van der Waals surface area contributed by atoms with E-state index in [-0.39, 0.29) is 18.0 Å². The minimum Gasteiger partial charge on any atom is -0.457 e. The third kappa shape index (κ3) is 5.07. The molecule has 0 unspecified atom stereocenters. The summed E-state index contributed by atoms with van der Waals surface area (Å²) in [6.45, 7) is 14.5. The third-order valence-electron chi connectivity index (χ3n) is 3.13. The van der Waals surface area contributed by atoms with Crippen LogP contribution in [0, 0.1) is 10.8 Å². The molecule has 0 aromatic carbocycles. The minimum absolute atomic E-state index is 0.238. The summed E-state index contributed by atoms with van der Waals surface area (Å²) in [6.07, 6.45) is 0. The summed E-state index contributed by atoms with van der Waals surface area (Å²) in [4.78, 5) is 23.4. The van der Waals surface area contributed by atoms with E-state index in [0.29, 0.717) is 0 Å². The molecule has 0 radical (unpaired) electrons. The zero-order valence-corrected chi connectivity index (χ0v) is 12.8. The van der Waals surface area contributed by atoms with Crippen molar-refractivity contribution >= 4 is 11.9 Å². The van der Waals surface area contributed by atoms with Crippen LogP contribution in [-0.2, 0) is 19.1 Å². The van der Waals surface area contributed by atoms with Crippen LogP contribution in [0.15, 0.2) is 0 Å². The zero-order chi connectivity index (χ0) is 14.8. The molecule has 0 saturated carbocycles. The maximum atomic E-state index is 12.0. The van der Waals surface area contributed by atoms with Crippen LogP contribution in [0.2, 0.25) is 0 Å². The smallest absolute Gasteiger partial charge is 0.344 e. The van der Waals surface area contributed by atoms with E-state index in [2.05, 4.69) is 0 Å². The van der Waals surface area contributed by atoms with Crippen LogP contribution in [0.1, 0.15) is 55.4 Å². The van der Waals surface area contributed by atoms with E-state index >= 15 is 0 Å². The molecule has 106 valence electrons. The molecule has 0 N–H and O–H groups in total. The highest BCUT2D eigenvalue weighted by molar-refractivity contribution is 5.80. The molecule has 4 heteroatoms. The fourth-order valence-electron chi connectivity index (χ4n) is 0.982. The first-order chi connectivity index (χ1) is 7.77. The fraction of sp³-hybridized carbons (Fsp3) is 0.857. The molecule has 0 aliphatic heterocycles. The van der Waals surface area contributed by atoms with Crippen LogP contribution in [0.3, 0.4) is 0 Å². The van der Waals surface area contributed by atoms with Gasteiger partial charge in [-0.15, -0.1) is 0 Å². The predicted octanol–water partition coefficient (Wildman–Crippen LogP) is 2.94. The van der Waals surface area contributed by atoms with Gasteiger partial charge in [0.1, 0.15) is 5.60 Å². The fourth-order valence-corrected chi connectivity index (χ4v) is 0.982. The van der Waals surface area contributed by atoms with Gasteiger partial charge in [0, 0.05) is 0 Å². The van der Waals surface area contributed by atoms with Gasteiger partial charge in [0.05, 0.1) is 5.41 Å². The Morgan fingerprint density at radius 3 is 1.67 bits per heavy atom. The molecule has 0 aliphatic rings. The number of hydrogen-bond acceptors (Lipinski definition) is 4. The van der Waals surface area contributed by atoms with E-state index in [1.165, 1.54) is 0 Å². The van der Waals surface area contributed by atoms with Crippen molar-refractivity contribution < 1.29 is 19.1 Å². The molecule has 4 nitrogen and oxygen atoms in total. The first kappa shape index (κ1) is 16.9. The van der Waals surface area contributed by atoms with Gasteiger partial charge in [0.25, 0.3) is 0 Å². The van der Waals surface area contributed by atoms with Gasteiger partial charge in [0.15, 0.2) is 6.61 Å². The zero-order valence-electron chi connectivity index (χ0n) is 12.8. The maximum absolute atomic E-state index is 12.0. The first-order valence-electron chi connectivity index (χ1n) is 6.16. The summed E-state index contributed by atoms with van der Waals surface area (Å²) in [5.41, 5.74) is -1.46. The Hall–Kier alpha value is -1.06. The molecule has 0 amide bonds. The van der Waals surface area contributed by atoms with Crippen LogP contribution in [0.5, 0.6) is 0 Å². The Balaban J connectivity index is 4.41. The minimum atomic E-state index is -0.658. The van der Waals surface area contributed by atoms with Crippen molar-refractivity contribution in [2.24, 2.45) is 10.8 Å². The lowest BCUT2D eigenvalue weighted by Crippen LogP contribution is -2.40. The van der Waals surface area contributed by atoms with Crippen LogP contribution in [0.25, 0.3) is 0 Å². The average Bonchev–Trinajstić information content (AvgIpc) is 2.09. The molecular weight excluding hydrogens is 232 g/mol. The van der Waals surface area contributed by atoms with E-state index in [9.17, 15) is 9.59 Å². The summed E-state index contributed by atoms with van der Waals surface area (Å²) >= 11 is 0. The Labute approximate surface area is 110 Å². The average molecular weight is 258 g/mol. The molecule has 0 spiro atoms. The molecular formula is C14H26O4. The van der Waals surface area contributed by atoms with E-state index in [1.807, 2.05) is 34.6 Å². The number of ether oxygens (including phenoxy) is 2. The van der Waals surface area contributed by atoms with E-state index in [0.717, 1.165) is 0 Å².